The Balaban J connectivity index is 1.44. The highest BCUT2D eigenvalue weighted by Gasteiger charge is 2.31. The summed E-state index contributed by atoms with van der Waals surface area (Å²) in [6.45, 7) is 0.171. The van der Waals surface area contributed by atoms with E-state index >= 15 is 0 Å². The van der Waals surface area contributed by atoms with Crippen molar-refractivity contribution >= 4 is 22.4 Å². The van der Waals surface area contributed by atoms with Crippen molar-refractivity contribution in [1.29, 1.82) is 0 Å². The number of carbonyl (C=O) groups excluding carboxylic acids is 1. The lowest BCUT2D eigenvalue weighted by molar-refractivity contribution is -0.274. The Morgan fingerprint density at radius 2 is 1.86 bits per heavy atom. The van der Waals surface area contributed by atoms with Crippen LogP contribution in [0.5, 0.6) is 17.2 Å². The van der Waals surface area contributed by atoms with Crippen LogP contribution in [-0.2, 0) is 0 Å². The number of thiazole rings is 1. The summed E-state index contributed by atoms with van der Waals surface area (Å²) in [7, 11) is 0. The van der Waals surface area contributed by atoms with Crippen LogP contribution in [0.4, 0.5) is 18.3 Å². The average Bonchev–Trinajstić information content (AvgIpc) is 3.29. The van der Waals surface area contributed by atoms with Gasteiger partial charge in [0, 0.05) is 16.5 Å². The highest BCUT2D eigenvalue weighted by atomic mass is 32.1. The molecular formula is C18H11F3N2O4S. The predicted molar refractivity (Wildman–Crippen MR) is 94.8 cm³/mol. The van der Waals surface area contributed by atoms with Crippen LogP contribution in [0.2, 0.25) is 0 Å². The SMILES string of the molecule is O=C(Nc1nc(-c2ccc3c(c2)OCO3)cs1)c1ccc(OC(F)(F)F)cc1. The van der Waals surface area contributed by atoms with Gasteiger partial charge in [-0.2, -0.15) is 0 Å². The summed E-state index contributed by atoms with van der Waals surface area (Å²) in [6, 6.07) is 10.0. The number of benzene rings is 2. The van der Waals surface area contributed by atoms with E-state index < -0.39 is 18.0 Å². The van der Waals surface area contributed by atoms with E-state index in [1.165, 1.54) is 23.5 Å². The highest BCUT2D eigenvalue weighted by molar-refractivity contribution is 7.14. The zero-order chi connectivity index (χ0) is 19.7. The van der Waals surface area contributed by atoms with Crippen LogP contribution in [0.1, 0.15) is 10.4 Å². The van der Waals surface area contributed by atoms with Crippen molar-refractivity contribution < 1.29 is 32.2 Å². The minimum atomic E-state index is -4.78. The molecule has 0 fully saturated rings. The number of anilines is 1. The lowest BCUT2D eigenvalue weighted by Crippen LogP contribution is -2.17. The van der Waals surface area contributed by atoms with E-state index in [1.807, 2.05) is 6.07 Å². The Kier molecular flexibility index (Phi) is 4.55. The van der Waals surface area contributed by atoms with E-state index in [4.69, 9.17) is 9.47 Å². The number of hydrogen-bond donors (Lipinski definition) is 1. The molecule has 0 bridgehead atoms. The number of fused-ring (bicyclic) bond motifs is 1. The van der Waals surface area contributed by atoms with Gasteiger partial charge in [-0.3, -0.25) is 10.1 Å². The van der Waals surface area contributed by atoms with Crippen molar-refractivity contribution in [2.75, 3.05) is 12.1 Å². The van der Waals surface area contributed by atoms with E-state index in [1.54, 1.807) is 17.5 Å². The summed E-state index contributed by atoms with van der Waals surface area (Å²) in [6.07, 6.45) is -4.78. The van der Waals surface area contributed by atoms with Gasteiger partial charge in [-0.1, -0.05) is 0 Å². The molecule has 0 spiro atoms. The van der Waals surface area contributed by atoms with E-state index in [9.17, 15) is 18.0 Å². The van der Waals surface area contributed by atoms with Gasteiger partial charge in [0.15, 0.2) is 16.6 Å². The second-order valence-electron chi connectivity index (χ2n) is 5.63. The van der Waals surface area contributed by atoms with Crippen molar-refractivity contribution in [3.63, 3.8) is 0 Å². The number of amides is 1. The zero-order valence-corrected chi connectivity index (χ0v) is 14.8. The molecule has 1 amide bonds. The van der Waals surface area contributed by atoms with Crippen LogP contribution < -0.4 is 19.5 Å². The Hall–Kier alpha value is -3.27. The average molecular weight is 408 g/mol. The van der Waals surface area contributed by atoms with Crippen LogP contribution in [0, 0.1) is 0 Å². The molecule has 1 aliphatic rings. The first kappa shape index (κ1) is 18.1. The van der Waals surface area contributed by atoms with Crippen LogP contribution in [0.25, 0.3) is 11.3 Å². The maximum absolute atomic E-state index is 12.3. The molecular weight excluding hydrogens is 397 g/mol. The first-order chi connectivity index (χ1) is 13.4. The Morgan fingerprint density at radius 1 is 1.11 bits per heavy atom. The van der Waals surface area contributed by atoms with Gasteiger partial charge in [-0.25, -0.2) is 4.98 Å². The van der Waals surface area contributed by atoms with Gasteiger partial charge in [0.1, 0.15) is 5.75 Å². The second kappa shape index (κ2) is 7.04. The van der Waals surface area contributed by atoms with Crippen LogP contribution in [0.15, 0.2) is 47.8 Å². The molecule has 4 rings (SSSR count). The standard InChI is InChI=1S/C18H11F3N2O4S/c19-18(20,21)27-12-4-1-10(2-5-12)16(24)23-17-22-13(8-28-17)11-3-6-14-15(7-11)26-9-25-14/h1-8H,9H2,(H,22,23,24). The summed E-state index contributed by atoms with van der Waals surface area (Å²) >= 11 is 1.22. The fraction of sp³-hybridized carbons (Fsp3) is 0.111. The summed E-state index contributed by atoms with van der Waals surface area (Å²) in [5.74, 6) is 0.385. The van der Waals surface area contributed by atoms with E-state index in [2.05, 4.69) is 15.0 Å². The van der Waals surface area contributed by atoms with Gasteiger partial charge in [-0.15, -0.1) is 24.5 Å². The van der Waals surface area contributed by atoms with Crippen molar-refractivity contribution in [3.8, 4) is 28.5 Å². The number of nitrogens with one attached hydrogen (secondary N) is 1. The quantitative estimate of drug-likeness (QED) is 0.678. The lowest BCUT2D eigenvalue weighted by Gasteiger charge is -2.09. The maximum atomic E-state index is 12.3. The molecule has 0 radical (unpaired) electrons. The summed E-state index contributed by atoms with van der Waals surface area (Å²) in [5.41, 5.74) is 1.62. The number of carbonyl (C=O) groups is 1. The number of ether oxygens (including phenoxy) is 3. The molecule has 1 N–H and O–H groups in total. The highest BCUT2D eigenvalue weighted by Crippen LogP contribution is 2.36. The number of rotatable bonds is 4. The lowest BCUT2D eigenvalue weighted by atomic mass is 10.1. The summed E-state index contributed by atoms with van der Waals surface area (Å²) in [5, 5.41) is 4.74. The minimum absolute atomic E-state index is 0.171. The van der Waals surface area contributed by atoms with Gasteiger partial charge in [0.2, 0.25) is 6.79 Å². The van der Waals surface area contributed by atoms with Gasteiger partial charge >= 0.3 is 6.36 Å². The Bertz CT molecular complexity index is 1020. The Morgan fingerprint density at radius 3 is 2.61 bits per heavy atom. The van der Waals surface area contributed by atoms with Gasteiger partial charge < -0.3 is 14.2 Å². The zero-order valence-electron chi connectivity index (χ0n) is 13.9. The summed E-state index contributed by atoms with van der Waals surface area (Å²) in [4.78, 5) is 16.6. The Labute approximate surface area is 160 Å². The first-order valence-corrected chi connectivity index (χ1v) is 8.78. The molecule has 10 heteroatoms. The largest absolute Gasteiger partial charge is 0.573 e. The van der Waals surface area contributed by atoms with Crippen molar-refractivity contribution in [3.05, 3.63) is 53.4 Å². The number of halogens is 3. The van der Waals surface area contributed by atoms with Crippen LogP contribution in [-0.4, -0.2) is 24.0 Å². The molecule has 0 saturated carbocycles. The third kappa shape index (κ3) is 4.01. The van der Waals surface area contributed by atoms with E-state index in [0.29, 0.717) is 22.3 Å². The van der Waals surface area contributed by atoms with E-state index in [0.717, 1.165) is 17.7 Å². The van der Waals surface area contributed by atoms with Crippen molar-refractivity contribution in [1.82, 2.24) is 4.98 Å². The maximum Gasteiger partial charge on any atom is 0.573 e. The molecule has 0 saturated heterocycles. The number of nitrogens with zero attached hydrogens (tertiary/aromatic N) is 1. The predicted octanol–water partition coefficient (Wildman–Crippen LogP) is 4.69. The molecule has 28 heavy (non-hydrogen) atoms. The van der Waals surface area contributed by atoms with Gasteiger partial charge in [0.05, 0.1) is 5.69 Å². The fourth-order valence-electron chi connectivity index (χ4n) is 2.50. The fourth-order valence-corrected chi connectivity index (χ4v) is 3.21. The molecule has 2 heterocycles. The number of alkyl halides is 3. The third-order valence-corrected chi connectivity index (χ3v) is 4.50. The van der Waals surface area contributed by atoms with Crippen molar-refractivity contribution in [2.24, 2.45) is 0 Å². The molecule has 6 nitrogen and oxygen atoms in total. The molecule has 0 unspecified atom stereocenters. The normalized spacial score (nSPS) is 12.7. The molecule has 1 aliphatic heterocycles. The molecule has 1 aromatic heterocycles. The number of hydrogen-bond acceptors (Lipinski definition) is 6. The second-order valence-corrected chi connectivity index (χ2v) is 6.49. The van der Waals surface area contributed by atoms with Gasteiger partial charge in [-0.05, 0) is 42.5 Å². The molecule has 2 aromatic carbocycles. The smallest absolute Gasteiger partial charge is 0.454 e. The molecule has 3 aromatic rings. The molecule has 0 aliphatic carbocycles. The van der Waals surface area contributed by atoms with Crippen molar-refractivity contribution in [2.45, 2.75) is 6.36 Å². The van der Waals surface area contributed by atoms with E-state index in [-0.39, 0.29) is 12.4 Å². The summed E-state index contributed by atoms with van der Waals surface area (Å²) < 4.78 is 50.9. The molecule has 0 atom stereocenters. The monoisotopic (exact) mass is 408 g/mol. The number of aromatic nitrogens is 1. The topological polar surface area (TPSA) is 69.7 Å². The van der Waals surface area contributed by atoms with Crippen LogP contribution in [0.3, 0.4) is 0 Å². The first-order valence-electron chi connectivity index (χ1n) is 7.90. The van der Waals surface area contributed by atoms with Gasteiger partial charge in [0.25, 0.3) is 5.91 Å². The van der Waals surface area contributed by atoms with Crippen LogP contribution >= 0.6 is 11.3 Å². The molecule has 144 valence electrons. The minimum Gasteiger partial charge on any atom is -0.454 e. The third-order valence-electron chi connectivity index (χ3n) is 3.74.